The maximum atomic E-state index is 10.7. The first-order valence-electron chi connectivity index (χ1n) is 7.24. The molecule has 0 saturated carbocycles. The minimum Gasteiger partial charge on any atom is -0.258 e. The Morgan fingerprint density at radius 3 is 2.48 bits per heavy atom. The number of rotatable bonds is 5. The summed E-state index contributed by atoms with van der Waals surface area (Å²) in [6.07, 6.45) is 0.854. The third kappa shape index (κ3) is 3.69. The first-order valence-corrected chi connectivity index (χ1v) is 8.22. The minimum absolute atomic E-state index is 0.0774. The van der Waals surface area contributed by atoms with Gasteiger partial charge in [-0.2, -0.15) is 5.26 Å². The van der Waals surface area contributed by atoms with E-state index in [0.29, 0.717) is 11.3 Å². The van der Waals surface area contributed by atoms with Gasteiger partial charge in [-0.25, -0.2) is 4.98 Å². The summed E-state index contributed by atoms with van der Waals surface area (Å²) in [6, 6.07) is 8.70. The standard InChI is InChI=1S/C17H17N3O2S/c1-4-15-11(2)16(9-18)17(19-12(15)3)23-10-13-5-7-14(8-6-13)20(21)22/h5-8H,4,10H2,1-3H3. The molecule has 23 heavy (non-hydrogen) atoms. The fourth-order valence-corrected chi connectivity index (χ4v) is 3.52. The second-order valence-electron chi connectivity index (χ2n) is 5.16. The molecule has 0 bridgehead atoms. The van der Waals surface area contributed by atoms with Crippen molar-refractivity contribution in [1.82, 2.24) is 4.98 Å². The van der Waals surface area contributed by atoms with E-state index in [1.54, 1.807) is 12.1 Å². The predicted molar refractivity (Wildman–Crippen MR) is 90.5 cm³/mol. The molecule has 0 aliphatic heterocycles. The summed E-state index contributed by atoms with van der Waals surface area (Å²) in [5.74, 6) is 0.615. The van der Waals surface area contributed by atoms with Crippen LogP contribution in [0, 0.1) is 35.3 Å². The van der Waals surface area contributed by atoms with Crippen LogP contribution in [0.5, 0.6) is 0 Å². The molecular weight excluding hydrogens is 310 g/mol. The Bertz CT molecular complexity index is 780. The molecule has 0 amide bonds. The number of pyridine rings is 1. The smallest absolute Gasteiger partial charge is 0.258 e. The van der Waals surface area contributed by atoms with Crippen molar-refractivity contribution < 1.29 is 4.92 Å². The van der Waals surface area contributed by atoms with E-state index in [1.165, 1.54) is 23.9 Å². The first kappa shape index (κ1) is 17.0. The van der Waals surface area contributed by atoms with Crippen LogP contribution < -0.4 is 0 Å². The van der Waals surface area contributed by atoms with E-state index in [0.717, 1.165) is 33.8 Å². The van der Waals surface area contributed by atoms with Crippen LogP contribution in [-0.2, 0) is 12.2 Å². The average Bonchev–Trinajstić information content (AvgIpc) is 2.53. The molecule has 0 unspecified atom stereocenters. The zero-order valence-electron chi connectivity index (χ0n) is 13.3. The van der Waals surface area contributed by atoms with Crippen molar-refractivity contribution in [2.75, 3.05) is 0 Å². The molecule has 2 aromatic rings. The summed E-state index contributed by atoms with van der Waals surface area (Å²) in [5.41, 5.74) is 4.74. The van der Waals surface area contributed by atoms with Gasteiger partial charge in [0, 0.05) is 23.6 Å². The molecule has 118 valence electrons. The minimum atomic E-state index is -0.414. The van der Waals surface area contributed by atoms with Gasteiger partial charge in [0.15, 0.2) is 0 Å². The first-order chi connectivity index (χ1) is 11.0. The van der Waals surface area contributed by atoms with Gasteiger partial charge in [0.2, 0.25) is 0 Å². The van der Waals surface area contributed by atoms with Crippen LogP contribution in [0.2, 0.25) is 0 Å². The van der Waals surface area contributed by atoms with Gasteiger partial charge >= 0.3 is 0 Å². The Kier molecular flexibility index (Phi) is 5.35. The van der Waals surface area contributed by atoms with Gasteiger partial charge in [-0.3, -0.25) is 10.1 Å². The molecule has 5 nitrogen and oxygen atoms in total. The lowest BCUT2D eigenvalue weighted by molar-refractivity contribution is -0.384. The summed E-state index contributed by atoms with van der Waals surface area (Å²) in [4.78, 5) is 14.8. The number of thioether (sulfide) groups is 1. The Hall–Kier alpha value is -2.39. The van der Waals surface area contributed by atoms with Crippen LogP contribution in [-0.4, -0.2) is 9.91 Å². The third-order valence-corrected chi connectivity index (χ3v) is 4.78. The van der Waals surface area contributed by atoms with Gasteiger partial charge in [-0.1, -0.05) is 19.1 Å². The number of nitriles is 1. The second kappa shape index (κ2) is 7.25. The zero-order valence-corrected chi connectivity index (χ0v) is 14.1. The van der Waals surface area contributed by atoms with Crippen molar-refractivity contribution in [2.45, 2.75) is 38.0 Å². The molecule has 0 fully saturated rings. The number of aromatic nitrogens is 1. The van der Waals surface area contributed by atoms with E-state index in [4.69, 9.17) is 0 Å². The van der Waals surface area contributed by atoms with E-state index in [9.17, 15) is 15.4 Å². The maximum Gasteiger partial charge on any atom is 0.269 e. The predicted octanol–water partition coefficient (Wildman–Crippen LogP) is 4.33. The van der Waals surface area contributed by atoms with E-state index < -0.39 is 4.92 Å². The summed E-state index contributed by atoms with van der Waals surface area (Å²) < 4.78 is 0. The van der Waals surface area contributed by atoms with Gasteiger partial charge < -0.3 is 0 Å². The number of benzene rings is 1. The maximum absolute atomic E-state index is 10.7. The van der Waals surface area contributed by atoms with Crippen LogP contribution in [0.15, 0.2) is 29.3 Å². The van der Waals surface area contributed by atoms with Crippen LogP contribution in [0.3, 0.4) is 0 Å². The number of non-ortho nitro benzene ring substituents is 1. The highest BCUT2D eigenvalue weighted by atomic mass is 32.2. The Morgan fingerprint density at radius 2 is 1.96 bits per heavy atom. The van der Waals surface area contributed by atoms with Gasteiger partial charge in [0.1, 0.15) is 11.1 Å². The lowest BCUT2D eigenvalue weighted by atomic mass is 10.0. The number of aryl methyl sites for hydroxylation is 1. The summed E-state index contributed by atoms with van der Waals surface area (Å²) in [6.45, 7) is 5.98. The monoisotopic (exact) mass is 327 g/mol. The van der Waals surface area contributed by atoms with Crippen molar-refractivity contribution in [3.05, 3.63) is 62.3 Å². The molecule has 0 aliphatic carbocycles. The van der Waals surface area contributed by atoms with Gasteiger partial charge in [-0.05, 0) is 37.0 Å². The largest absolute Gasteiger partial charge is 0.269 e. The molecule has 1 heterocycles. The van der Waals surface area contributed by atoms with E-state index in [-0.39, 0.29) is 5.69 Å². The van der Waals surface area contributed by atoms with Crippen LogP contribution >= 0.6 is 11.8 Å². The number of nitro benzene ring substituents is 1. The molecule has 6 heteroatoms. The number of hydrogen-bond acceptors (Lipinski definition) is 5. The molecule has 0 spiro atoms. The summed E-state index contributed by atoms with van der Waals surface area (Å²) in [7, 11) is 0. The summed E-state index contributed by atoms with van der Waals surface area (Å²) >= 11 is 1.48. The average molecular weight is 327 g/mol. The molecule has 0 N–H and O–H groups in total. The topological polar surface area (TPSA) is 79.8 Å². The second-order valence-corrected chi connectivity index (χ2v) is 6.12. The molecular formula is C17H17N3O2S. The summed E-state index contributed by atoms with van der Waals surface area (Å²) in [5, 5.41) is 20.8. The number of nitrogens with zero attached hydrogens (tertiary/aromatic N) is 3. The Balaban J connectivity index is 2.24. The van der Waals surface area contributed by atoms with E-state index in [2.05, 4.69) is 18.0 Å². The molecule has 2 rings (SSSR count). The molecule has 0 saturated heterocycles. The molecule has 0 radical (unpaired) electrons. The highest BCUT2D eigenvalue weighted by Crippen LogP contribution is 2.29. The van der Waals surface area contributed by atoms with Crippen molar-refractivity contribution in [2.24, 2.45) is 0 Å². The van der Waals surface area contributed by atoms with Gasteiger partial charge in [-0.15, -0.1) is 11.8 Å². The van der Waals surface area contributed by atoms with Crippen molar-refractivity contribution in [3.63, 3.8) is 0 Å². The van der Waals surface area contributed by atoms with Gasteiger partial charge in [0.25, 0.3) is 5.69 Å². The SMILES string of the molecule is CCc1c(C)nc(SCc2ccc([N+](=O)[O-])cc2)c(C#N)c1C. The highest BCUT2D eigenvalue weighted by Gasteiger charge is 2.14. The highest BCUT2D eigenvalue weighted by molar-refractivity contribution is 7.98. The van der Waals surface area contributed by atoms with Gasteiger partial charge in [0.05, 0.1) is 10.5 Å². The normalized spacial score (nSPS) is 10.3. The quantitative estimate of drug-likeness (QED) is 0.464. The molecule has 0 aliphatic rings. The van der Waals surface area contributed by atoms with Crippen molar-refractivity contribution in [3.8, 4) is 6.07 Å². The molecule has 0 atom stereocenters. The lowest BCUT2D eigenvalue weighted by Crippen LogP contribution is -2.02. The van der Waals surface area contributed by atoms with E-state index >= 15 is 0 Å². The van der Waals surface area contributed by atoms with Crippen molar-refractivity contribution in [1.29, 1.82) is 5.26 Å². The molecule has 1 aromatic carbocycles. The number of hydrogen-bond donors (Lipinski definition) is 0. The Labute approximate surface area is 139 Å². The fourth-order valence-electron chi connectivity index (χ4n) is 2.48. The van der Waals surface area contributed by atoms with Crippen LogP contribution in [0.1, 0.15) is 34.9 Å². The zero-order chi connectivity index (χ0) is 17.0. The third-order valence-electron chi connectivity index (χ3n) is 3.74. The van der Waals surface area contributed by atoms with Crippen molar-refractivity contribution >= 4 is 17.4 Å². The van der Waals surface area contributed by atoms with E-state index in [1.807, 2.05) is 13.8 Å². The van der Waals surface area contributed by atoms with Crippen LogP contribution in [0.4, 0.5) is 5.69 Å². The molecule has 1 aromatic heterocycles. The number of nitro groups is 1. The fraction of sp³-hybridized carbons (Fsp3) is 0.294. The van der Waals surface area contributed by atoms with Crippen LogP contribution in [0.25, 0.3) is 0 Å². The lowest BCUT2D eigenvalue weighted by Gasteiger charge is -2.12. The Morgan fingerprint density at radius 1 is 1.30 bits per heavy atom.